The molecule has 1 aromatic heterocycles. The first-order valence-electron chi connectivity index (χ1n) is 8.80. The smallest absolute Gasteiger partial charge is 0.138 e. The minimum absolute atomic E-state index is 0.192. The second-order valence-electron chi connectivity index (χ2n) is 6.98. The topological polar surface area (TPSA) is 33.4 Å². The van der Waals surface area contributed by atoms with Crippen molar-refractivity contribution in [1.82, 2.24) is 14.5 Å². The Hall–Kier alpha value is -2.50. The third-order valence-electron chi connectivity index (χ3n) is 4.62. The van der Waals surface area contributed by atoms with Gasteiger partial charge in [-0.05, 0) is 45.3 Å². The first-order valence-corrected chi connectivity index (χ1v) is 9.17. The fourth-order valence-corrected chi connectivity index (χ4v) is 3.72. The van der Waals surface area contributed by atoms with Crippen LogP contribution in [-0.4, -0.2) is 34.3 Å². The fourth-order valence-electron chi connectivity index (χ4n) is 3.49. The first-order chi connectivity index (χ1) is 13.0. The fraction of sp³-hybridized carbons (Fsp3) is 0.238. The highest BCUT2D eigenvalue weighted by molar-refractivity contribution is 6.35. The Morgan fingerprint density at radius 3 is 2.67 bits per heavy atom. The molecular formula is C21H20ClFN4. The minimum Gasteiger partial charge on any atom is -0.304 e. The highest BCUT2D eigenvalue weighted by Gasteiger charge is 2.26. The molecule has 2 aromatic carbocycles. The van der Waals surface area contributed by atoms with Crippen LogP contribution in [0, 0.1) is 5.82 Å². The lowest BCUT2D eigenvalue weighted by Crippen LogP contribution is -2.16. The molecule has 6 heteroatoms. The number of hydrogen-bond donors (Lipinski definition) is 0. The summed E-state index contributed by atoms with van der Waals surface area (Å²) in [4.78, 5) is 11.6. The van der Waals surface area contributed by atoms with Crippen molar-refractivity contribution in [3.63, 3.8) is 0 Å². The molecule has 0 fully saturated rings. The van der Waals surface area contributed by atoms with Crippen LogP contribution in [0.1, 0.15) is 35.6 Å². The number of rotatable bonds is 3. The van der Waals surface area contributed by atoms with Gasteiger partial charge in [-0.1, -0.05) is 29.8 Å². The van der Waals surface area contributed by atoms with E-state index in [0.29, 0.717) is 16.3 Å². The molecule has 0 amide bonds. The number of halogens is 2. The normalized spacial score (nSPS) is 15.9. The number of fused-ring (bicyclic) bond motifs is 3. The third-order valence-corrected chi connectivity index (χ3v) is 4.95. The average molecular weight is 383 g/mol. The van der Waals surface area contributed by atoms with E-state index in [9.17, 15) is 4.39 Å². The van der Waals surface area contributed by atoms with Gasteiger partial charge in [0.1, 0.15) is 17.7 Å². The van der Waals surface area contributed by atoms with Crippen molar-refractivity contribution >= 4 is 17.3 Å². The van der Waals surface area contributed by atoms with Crippen LogP contribution in [0.2, 0.25) is 5.02 Å². The molecule has 1 aliphatic rings. The Labute approximate surface area is 162 Å². The van der Waals surface area contributed by atoms with Gasteiger partial charge in [-0.3, -0.25) is 9.56 Å². The predicted octanol–water partition coefficient (Wildman–Crippen LogP) is 4.64. The highest BCUT2D eigenvalue weighted by atomic mass is 35.5. The zero-order chi connectivity index (χ0) is 19.1. The maximum absolute atomic E-state index is 14.2. The highest BCUT2D eigenvalue weighted by Crippen LogP contribution is 2.33. The van der Waals surface area contributed by atoms with Crippen LogP contribution >= 0.6 is 11.6 Å². The lowest BCUT2D eigenvalue weighted by molar-refractivity contribution is 0.393. The summed E-state index contributed by atoms with van der Waals surface area (Å²) in [6.07, 6.45) is 1.87. The first kappa shape index (κ1) is 17.9. The maximum Gasteiger partial charge on any atom is 0.138 e. The van der Waals surface area contributed by atoms with E-state index < -0.39 is 0 Å². The molecule has 138 valence electrons. The number of aliphatic imine (C=N–C) groups is 1. The van der Waals surface area contributed by atoms with Crippen molar-refractivity contribution < 1.29 is 4.39 Å². The van der Waals surface area contributed by atoms with E-state index in [1.54, 1.807) is 6.07 Å². The van der Waals surface area contributed by atoms with Crippen molar-refractivity contribution in [3.05, 3.63) is 82.1 Å². The van der Waals surface area contributed by atoms with E-state index in [1.807, 2.05) is 51.5 Å². The molecule has 4 rings (SSSR count). The maximum atomic E-state index is 14.2. The number of benzene rings is 2. The van der Waals surface area contributed by atoms with Crippen molar-refractivity contribution in [1.29, 1.82) is 0 Å². The standard InChI is InChI=1S/C21H20ClFN4/c1-13-21-24-11-15(12-26(2)3)27(21)19-9-8-14(23)10-17(19)20(25-13)16-6-4-5-7-18(16)22/h4-11,13H,12H2,1-3H3. The third kappa shape index (κ3) is 3.17. The zero-order valence-corrected chi connectivity index (χ0v) is 16.2. The molecule has 0 spiro atoms. The minimum atomic E-state index is -0.307. The summed E-state index contributed by atoms with van der Waals surface area (Å²) >= 11 is 6.45. The SMILES string of the molecule is CC1N=C(c2ccccc2Cl)c2cc(F)ccc2-n2c(CN(C)C)cnc21. The van der Waals surface area contributed by atoms with Crippen LogP contribution in [0.25, 0.3) is 5.69 Å². The van der Waals surface area contributed by atoms with Crippen molar-refractivity contribution in [3.8, 4) is 5.69 Å². The van der Waals surface area contributed by atoms with Crippen LogP contribution in [0.15, 0.2) is 53.7 Å². The van der Waals surface area contributed by atoms with E-state index >= 15 is 0 Å². The summed E-state index contributed by atoms with van der Waals surface area (Å²) in [5, 5.41) is 0.590. The van der Waals surface area contributed by atoms with Gasteiger partial charge in [-0.15, -0.1) is 0 Å². The van der Waals surface area contributed by atoms with Gasteiger partial charge in [-0.2, -0.15) is 0 Å². The van der Waals surface area contributed by atoms with Gasteiger partial charge in [0.15, 0.2) is 0 Å². The number of hydrogen-bond acceptors (Lipinski definition) is 3. The number of aromatic nitrogens is 2. The number of nitrogens with zero attached hydrogens (tertiary/aromatic N) is 4. The lowest BCUT2D eigenvalue weighted by atomic mass is 10.00. The molecule has 0 aliphatic carbocycles. The molecule has 0 bridgehead atoms. The Balaban J connectivity index is 2.00. The van der Waals surface area contributed by atoms with Crippen LogP contribution < -0.4 is 0 Å². The molecule has 0 saturated carbocycles. The van der Waals surface area contributed by atoms with Crippen LogP contribution in [0.3, 0.4) is 0 Å². The molecule has 0 saturated heterocycles. The summed E-state index contributed by atoms with van der Waals surface area (Å²) in [5.41, 5.74) is 4.09. The summed E-state index contributed by atoms with van der Waals surface area (Å²) in [6.45, 7) is 2.72. The molecule has 2 heterocycles. The van der Waals surface area contributed by atoms with Gasteiger partial charge < -0.3 is 4.90 Å². The van der Waals surface area contributed by atoms with Crippen molar-refractivity contribution in [2.45, 2.75) is 19.5 Å². The van der Waals surface area contributed by atoms with E-state index in [1.165, 1.54) is 12.1 Å². The van der Waals surface area contributed by atoms with Crippen LogP contribution in [0.5, 0.6) is 0 Å². The Morgan fingerprint density at radius 2 is 1.93 bits per heavy atom. The zero-order valence-electron chi connectivity index (χ0n) is 15.4. The van der Waals surface area contributed by atoms with Crippen LogP contribution in [-0.2, 0) is 6.54 Å². The second-order valence-corrected chi connectivity index (χ2v) is 7.38. The van der Waals surface area contributed by atoms with Gasteiger partial charge in [0.05, 0.1) is 23.3 Å². The van der Waals surface area contributed by atoms with Crippen LogP contribution in [0.4, 0.5) is 4.39 Å². The predicted molar refractivity (Wildman–Crippen MR) is 106 cm³/mol. The largest absolute Gasteiger partial charge is 0.304 e. The van der Waals surface area contributed by atoms with Gasteiger partial charge in [0.25, 0.3) is 0 Å². The Kier molecular flexibility index (Phi) is 4.58. The molecule has 1 atom stereocenters. The second kappa shape index (κ2) is 6.91. The Bertz CT molecular complexity index is 1040. The summed E-state index contributed by atoms with van der Waals surface area (Å²) in [5.74, 6) is 0.528. The molecule has 4 nitrogen and oxygen atoms in total. The quantitative estimate of drug-likeness (QED) is 0.661. The Morgan fingerprint density at radius 1 is 1.15 bits per heavy atom. The summed E-state index contributed by atoms with van der Waals surface area (Å²) in [6, 6.07) is 12.1. The molecule has 1 unspecified atom stereocenters. The number of imidazole rings is 1. The van der Waals surface area contributed by atoms with E-state index in [0.717, 1.165) is 29.3 Å². The van der Waals surface area contributed by atoms with Gasteiger partial charge >= 0.3 is 0 Å². The van der Waals surface area contributed by atoms with Gasteiger partial charge in [0, 0.05) is 22.7 Å². The van der Waals surface area contributed by atoms with E-state index in [-0.39, 0.29) is 11.9 Å². The molecular weight excluding hydrogens is 363 g/mol. The average Bonchev–Trinajstić information content (AvgIpc) is 2.98. The van der Waals surface area contributed by atoms with E-state index in [2.05, 4.69) is 14.5 Å². The van der Waals surface area contributed by atoms with E-state index in [4.69, 9.17) is 16.6 Å². The van der Waals surface area contributed by atoms with Crippen molar-refractivity contribution in [2.24, 2.45) is 4.99 Å². The lowest BCUT2D eigenvalue weighted by Gasteiger charge is -2.17. The molecule has 0 radical (unpaired) electrons. The monoisotopic (exact) mass is 382 g/mol. The summed E-state index contributed by atoms with van der Waals surface area (Å²) in [7, 11) is 4.02. The van der Waals surface area contributed by atoms with Crippen molar-refractivity contribution in [2.75, 3.05) is 14.1 Å². The van der Waals surface area contributed by atoms with Gasteiger partial charge in [-0.25, -0.2) is 9.37 Å². The molecule has 3 aromatic rings. The molecule has 0 N–H and O–H groups in total. The summed E-state index contributed by atoms with van der Waals surface area (Å²) < 4.78 is 16.3. The molecule has 1 aliphatic heterocycles. The van der Waals surface area contributed by atoms with Gasteiger partial charge in [0.2, 0.25) is 0 Å². The molecule has 27 heavy (non-hydrogen) atoms.